The summed E-state index contributed by atoms with van der Waals surface area (Å²) >= 11 is 0. The molecule has 0 heterocycles. The Bertz CT molecular complexity index is 629. The Morgan fingerprint density at radius 1 is 1.09 bits per heavy atom. The maximum atomic E-state index is 12.1. The number of benzene rings is 1. The zero-order valence-electron chi connectivity index (χ0n) is 14.8. The minimum Gasteiger partial charge on any atom is -0.277 e. The molecule has 0 saturated carbocycles. The quantitative estimate of drug-likeness (QED) is 0.782. The normalized spacial score (nSPS) is 13.9. The lowest BCUT2D eigenvalue weighted by Crippen LogP contribution is -2.49. The first kappa shape index (κ1) is 19.6. The molecule has 23 heavy (non-hydrogen) atoms. The van der Waals surface area contributed by atoms with Crippen LogP contribution in [0.4, 0.5) is 0 Å². The Hall–Kier alpha value is -1.40. The lowest BCUT2D eigenvalue weighted by atomic mass is 9.96. The third-order valence-corrected chi connectivity index (χ3v) is 5.61. The predicted molar refractivity (Wildman–Crippen MR) is 93.4 cm³/mol. The van der Waals surface area contributed by atoms with Crippen LogP contribution in [0.2, 0.25) is 0 Å². The molecule has 1 atom stereocenters. The number of carbonyl (C=O) groups excluding carboxylic acids is 1. The van der Waals surface area contributed by atoms with Gasteiger partial charge in [0.2, 0.25) is 15.9 Å². The van der Waals surface area contributed by atoms with Crippen LogP contribution in [0.3, 0.4) is 0 Å². The Labute approximate surface area is 139 Å². The maximum absolute atomic E-state index is 12.1. The summed E-state index contributed by atoms with van der Waals surface area (Å²) in [5, 5.41) is 0. The molecule has 1 rings (SSSR count). The second kappa shape index (κ2) is 7.45. The molecule has 0 saturated heterocycles. The third-order valence-electron chi connectivity index (χ3n) is 3.63. The minimum atomic E-state index is -3.61. The summed E-state index contributed by atoms with van der Waals surface area (Å²) in [5.74, 6) is -0.242. The molecule has 0 bridgehead atoms. The van der Waals surface area contributed by atoms with E-state index >= 15 is 0 Å². The van der Waals surface area contributed by atoms with Gasteiger partial charge in [-0.1, -0.05) is 38.1 Å². The van der Waals surface area contributed by atoms with E-state index in [9.17, 15) is 13.2 Å². The number of hydrazine groups is 1. The standard InChI is InChI=1S/C17H28N2O3S/c1-12(2)11-14-7-9-15(10-8-14)13(3)16(20)18-19-23(21,22)17(4,5)6/h7-10,12-13,19H,11H2,1-6H3,(H,18,20)/t13-/m1/s1. The van der Waals surface area contributed by atoms with Crippen LogP contribution in [-0.4, -0.2) is 19.1 Å². The van der Waals surface area contributed by atoms with Crippen molar-refractivity contribution < 1.29 is 13.2 Å². The lowest BCUT2D eigenvalue weighted by molar-refractivity contribution is -0.122. The van der Waals surface area contributed by atoms with E-state index in [0.29, 0.717) is 5.92 Å². The molecule has 5 nitrogen and oxygen atoms in total. The summed E-state index contributed by atoms with van der Waals surface area (Å²) < 4.78 is 22.9. The van der Waals surface area contributed by atoms with Gasteiger partial charge in [0.15, 0.2) is 0 Å². The Balaban J connectivity index is 2.70. The summed E-state index contributed by atoms with van der Waals surface area (Å²) in [6.07, 6.45) is 0.992. The second-order valence-electron chi connectivity index (χ2n) is 7.27. The van der Waals surface area contributed by atoms with Gasteiger partial charge in [-0.15, -0.1) is 4.83 Å². The first-order valence-electron chi connectivity index (χ1n) is 7.84. The van der Waals surface area contributed by atoms with Gasteiger partial charge in [0.25, 0.3) is 0 Å². The minimum absolute atomic E-state index is 0.380. The van der Waals surface area contributed by atoms with Crippen LogP contribution >= 0.6 is 0 Å². The first-order chi connectivity index (χ1) is 10.4. The van der Waals surface area contributed by atoms with Crippen molar-refractivity contribution in [3.8, 4) is 0 Å². The molecular weight excluding hydrogens is 312 g/mol. The van der Waals surface area contributed by atoms with Gasteiger partial charge >= 0.3 is 0 Å². The first-order valence-corrected chi connectivity index (χ1v) is 9.32. The topological polar surface area (TPSA) is 75.3 Å². The van der Waals surface area contributed by atoms with Gasteiger partial charge < -0.3 is 0 Å². The molecule has 0 aliphatic rings. The Morgan fingerprint density at radius 2 is 1.61 bits per heavy atom. The van der Waals surface area contributed by atoms with E-state index in [1.807, 2.05) is 24.3 Å². The molecule has 6 heteroatoms. The van der Waals surface area contributed by atoms with E-state index in [4.69, 9.17) is 0 Å². The van der Waals surface area contributed by atoms with Crippen molar-refractivity contribution in [1.29, 1.82) is 0 Å². The zero-order valence-corrected chi connectivity index (χ0v) is 15.6. The number of hydrogen-bond acceptors (Lipinski definition) is 3. The highest BCUT2D eigenvalue weighted by Gasteiger charge is 2.29. The second-order valence-corrected chi connectivity index (χ2v) is 9.70. The number of sulfonamides is 1. The van der Waals surface area contributed by atoms with Crippen molar-refractivity contribution >= 4 is 15.9 Å². The van der Waals surface area contributed by atoms with Crippen molar-refractivity contribution in [2.45, 2.75) is 58.6 Å². The average Bonchev–Trinajstić information content (AvgIpc) is 2.43. The molecule has 130 valence electrons. The predicted octanol–water partition coefficient (Wildman–Crippen LogP) is 2.74. The van der Waals surface area contributed by atoms with Crippen LogP contribution in [0.25, 0.3) is 0 Å². The van der Waals surface area contributed by atoms with Gasteiger partial charge in [-0.3, -0.25) is 10.2 Å². The van der Waals surface area contributed by atoms with E-state index in [0.717, 1.165) is 12.0 Å². The fourth-order valence-electron chi connectivity index (χ4n) is 1.94. The lowest BCUT2D eigenvalue weighted by Gasteiger charge is -2.21. The van der Waals surface area contributed by atoms with Crippen LogP contribution < -0.4 is 10.3 Å². The summed E-state index contributed by atoms with van der Waals surface area (Å²) in [6, 6.07) is 7.86. The summed E-state index contributed by atoms with van der Waals surface area (Å²) in [7, 11) is -3.61. The zero-order chi connectivity index (χ0) is 17.8. The van der Waals surface area contributed by atoms with Gasteiger partial charge in [0.05, 0.1) is 10.7 Å². The van der Waals surface area contributed by atoms with Crippen LogP contribution in [-0.2, 0) is 21.2 Å². The Morgan fingerprint density at radius 3 is 2.04 bits per heavy atom. The molecular formula is C17H28N2O3S. The highest BCUT2D eigenvalue weighted by molar-refractivity contribution is 7.90. The van der Waals surface area contributed by atoms with E-state index in [1.54, 1.807) is 27.7 Å². The summed E-state index contributed by atoms with van der Waals surface area (Å²) in [5.41, 5.74) is 4.38. The van der Waals surface area contributed by atoms with Crippen molar-refractivity contribution in [1.82, 2.24) is 10.3 Å². The van der Waals surface area contributed by atoms with Crippen molar-refractivity contribution in [3.63, 3.8) is 0 Å². The van der Waals surface area contributed by atoms with Crippen LogP contribution in [0, 0.1) is 5.92 Å². The van der Waals surface area contributed by atoms with Crippen molar-refractivity contribution in [2.24, 2.45) is 5.92 Å². The molecule has 1 aromatic carbocycles. The molecule has 0 fully saturated rings. The third kappa shape index (κ3) is 5.62. The molecule has 0 aromatic heterocycles. The fourth-order valence-corrected chi connectivity index (χ4v) is 2.49. The molecule has 1 amide bonds. The maximum Gasteiger partial charge on any atom is 0.242 e. The molecule has 0 spiro atoms. The molecule has 0 radical (unpaired) electrons. The molecule has 2 N–H and O–H groups in total. The number of nitrogens with one attached hydrogen (secondary N) is 2. The molecule has 0 aliphatic heterocycles. The number of hydrogen-bond donors (Lipinski definition) is 2. The van der Waals surface area contributed by atoms with E-state index in [-0.39, 0.29) is 5.91 Å². The van der Waals surface area contributed by atoms with Gasteiger partial charge in [-0.05, 0) is 51.2 Å². The van der Waals surface area contributed by atoms with E-state index < -0.39 is 20.7 Å². The largest absolute Gasteiger partial charge is 0.277 e. The molecule has 0 aliphatic carbocycles. The smallest absolute Gasteiger partial charge is 0.242 e. The highest BCUT2D eigenvalue weighted by atomic mass is 32.2. The van der Waals surface area contributed by atoms with E-state index in [1.165, 1.54) is 5.56 Å². The van der Waals surface area contributed by atoms with Crippen LogP contribution in [0.1, 0.15) is 58.6 Å². The number of amides is 1. The number of carbonyl (C=O) groups is 1. The molecule has 1 aromatic rings. The molecule has 0 unspecified atom stereocenters. The average molecular weight is 340 g/mol. The van der Waals surface area contributed by atoms with Crippen LogP contribution in [0.15, 0.2) is 24.3 Å². The highest BCUT2D eigenvalue weighted by Crippen LogP contribution is 2.18. The van der Waals surface area contributed by atoms with Gasteiger partial charge in [-0.25, -0.2) is 8.42 Å². The monoisotopic (exact) mass is 340 g/mol. The van der Waals surface area contributed by atoms with Gasteiger partial charge in [0, 0.05) is 0 Å². The van der Waals surface area contributed by atoms with Crippen LogP contribution in [0.5, 0.6) is 0 Å². The van der Waals surface area contributed by atoms with Crippen molar-refractivity contribution in [3.05, 3.63) is 35.4 Å². The summed E-state index contributed by atoms with van der Waals surface area (Å²) in [6.45, 7) is 10.8. The van der Waals surface area contributed by atoms with E-state index in [2.05, 4.69) is 24.1 Å². The van der Waals surface area contributed by atoms with Gasteiger partial charge in [-0.2, -0.15) is 0 Å². The number of rotatable bonds is 6. The fraction of sp³-hybridized carbons (Fsp3) is 0.588. The SMILES string of the molecule is CC(C)Cc1ccc([C@@H](C)C(=O)NNS(=O)(=O)C(C)(C)C)cc1. The summed E-state index contributed by atoms with van der Waals surface area (Å²) in [4.78, 5) is 14.3. The van der Waals surface area contributed by atoms with Gasteiger partial charge in [0.1, 0.15) is 0 Å². The Kier molecular flexibility index (Phi) is 6.36. The van der Waals surface area contributed by atoms with Crippen molar-refractivity contribution in [2.75, 3.05) is 0 Å².